The van der Waals surface area contributed by atoms with Crippen molar-refractivity contribution in [1.82, 2.24) is 9.80 Å². The summed E-state index contributed by atoms with van der Waals surface area (Å²) >= 11 is 5.54. The van der Waals surface area contributed by atoms with Gasteiger partial charge in [-0.3, -0.25) is 9.59 Å². The fourth-order valence-electron chi connectivity index (χ4n) is 2.33. The molecule has 2 saturated heterocycles. The Labute approximate surface area is 94.2 Å². The standard InChI is InChI=1S/C10H15ClN2O2/c11-4-3-9(14)12-5-6-13-8(7-12)1-2-10(13)15/h8H,1-7H2. The Morgan fingerprint density at radius 2 is 2.27 bits per heavy atom. The summed E-state index contributed by atoms with van der Waals surface area (Å²) in [5.41, 5.74) is 0. The van der Waals surface area contributed by atoms with Gasteiger partial charge in [-0.25, -0.2) is 0 Å². The van der Waals surface area contributed by atoms with Gasteiger partial charge in [0.2, 0.25) is 11.8 Å². The van der Waals surface area contributed by atoms with E-state index in [1.165, 1.54) is 0 Å². The number of hydrogen-bond donors (Lipinski definition) is 0. The zero-order valence-electron chi connectivity index (χ0n) is 8.62. The molecular formula is C10H15ClN2O2. The van der Waals surface area contributed by atoms with Gasteiger partial charge in [-0.1, -0.05) is 0 Å². The van der Waals surface area contributed by atoms with Crippen molar-refractivity contribution in [2.24, 2.45) is 0 Å². The topological polar surface area (TPSA) is 40.6 Å². The van der Waals surface area contributed by atoms with Crippen molar-refractivity contribution in [2.45, 2.75) is 25.3 Å². The summed E-state index contributed by atoms with van der Waals surface area (Å²) in [5, 5.41) is 0. The zero-order valence-corrected chi connectivity index (χ0v) is 9.37. The summed E-state index contributed by atoms with van der Waals surface area (Å²) in [6.07, 6.45) is 1.94. The van der Waals surface area contributed by atoms with Gasteiger partial charge in [0.25, 0.3) is 0 Å². The highest BCUT2D eigenvalue weighted by Gasteiger charge is 2.36. The molecule has 15 heavy (non-hydrogen) atoms. The number of hydrogen-bond acceptors (Lipinski definition) is 2. The smallest absolute Gasteiger partial charge is 0.223 e. The molecule has 0 aromatic heterocycles. The van der Waals surface area contributed by atoms with Crippen LogP contribution in [0.4, 0.5) is 0 Å². The van der Waals surface area contributed by atoms with Crippen LogP contribution in [0.3, 0.4) is 0 Å². The van der Waals surface area contributed by atoms with Crippen LogP contribution in [0.5, 0.6) is 0 Å². The molecule has 5 heteroatoms. The minimum Gasteiger partial charge on any atom is -0.339 e. The van der Waals surface area contributed by atoms with Gasteiger partial charge in [-0.15, -0.1) is 11.6 Å². The minimum atomic E-state index is 0.115. The second-order valence-electron chi connectivity index (χ2n) is 4.06. The van der Waals surface area contributed by atoms with Crippen molar-refractivity contribution in [3.63, 3.8) is 0 Å². The average molecular weight is 231 g/mol. The van der Waals surface area contributed by atoms with E-state index in [0.717, 1.165) is 6.42 Å². The van der Waals surface area contributed by atoms with E-state index in [4.69, 9.17) is 11.6 Å². The van der Waals surface area contributed by atoms with Gasteiger partial charge >= 0.3 is 0 Å². The Bertz CT molecular complexity index is 283. The van der Waals surface area contributed by atoms with Gasteiger partial charge in [0.05, 0.1) is 0 Å². The first-order chi connectivity index (χ1) is 7.22. The number of amides is 2. The number of carbonyl (C=O) groups is 2. The molecule has 84 valence electrons. The zero-order chi connectivity index (χ0) is 10.8. The van der Waals surface area contributed by atoms with Crippen molar-refractivity contribution in [3.05, 3.63) is 0 Å². The largest absolute Gasteiger partial charge is 0.339 e. The Morgan fingerprint density at radius 3 is 3.00 bits per heavy atom. The highest BCUT2D eigenvalue weighted by atomic mass is 35.5. The molecule has 4 nitrogen and oxygen atoms in total. The maximum atomic E-state index is 11.6. The fourth-order valence-corrected chi connectivity index (χ4v) is 2.49. The summed E-state index contributed by atoms with van der Waals surface area (Å²) in [7, 11) is 0. The number of nitrogens with zero attached hydrogens (tertiary/aromatic N) is 2. The second kappa shape index (κ2) is 4.39. The molecule has 2 fully saturated rings. The van der Waals surface area contributed by atoms with E-state index in [-0.39, 0.29) is 17.9 Å². The summed E-state index contributed by atoms with van der Waals surface area (Å²) < 4.78 is 0. The molecule has 1 unspecified atom stereocenters. The summed E-state index contributed by atoms with van der Waals surface area (Å²) in [6, 6.07) is 0.255. The molecule has 2 heterocycles. The lowest BCUT2D eigenvalue weighted by Crippen LogP contribution is -2.53. The van der Waals surface area contributed by atoms with Gasteiger partial charge in [0.1, 0.15) is 0 Å². The summed E-state index contributed by atoms with van der Waals surface area (Å²) in [4.78, 5) is 26.8. The first kappa shape index (κ1) is 10.7. The van der Waals surface area contributed by atoms with E-state index in [0.29, 0.717) is 38.4 Å². The van der Waals surface area contributed by atoms with Crippen LogP contribution >= 0.6 is 11.6 Å². The van der Waals surface area contributed by atoms with Crippen molar-refractivity contribution in [3.8, 4) is 0 Å². The number of carbonyl (C=O) groups excluding carboxylic acids is 2. The van der Waals surface area contributed by atoms with Crippen molar-refractivity contribution >= 4 is 23.4 Å². The van der Waals surface area contributed by atoms with Crippen LogP contribution in [0.2, 0.25) is 0 Å². The highest BCUT2D eigenvalue weighted by Crippen LogP contribution is 2.22. The molecule has 0 aliphatic carbocycles. The predicted octanol–water partition coefficient (Wildman–Crippen LogP) is 0.448. The molecule has 1 atom stereocenters. The Hall–Kier alpha value is -0.770. The molecule has 0 saturated carbocycles. The Morgan fingerprint density at radius 1 is 1.47 bits per heavy atom. The fraction of sp³-hybridized carbons (Fsp3) is 0.800. The molecule has 0 aromatic carbocycles. The van der Waals surface area contributed by atoms with Crippen LogP contribution in [-0.2, 0) is 9.59 Å². The maximum Gasteiger partial charge on any atom is 0.223 e. The van der Waals surface area contributed by atoms with Crippen molar-refractivity contribution in [2.75, 3.05) is 25.5 Å². The van der Waals surface area contributed by atoms with Crippen LogP contribution in [0.1, 0.15) is 19.3 Å². The molecule has 0 spiro atoms. The van der Waals surface area contributed by atoms with Crippen LogP contribution in [-0.4, -0.2) is 53.2 Å². The SMILES string of the molecule is O=C(CCCl)N1CCN2C(=O)CCC2C1. The number of fused-ring (bicyclic) bond motifs is 1. The average Bonchev–Trinajstić information content (AvgIpc) is 2.60. The molecule has 0 radical (unpaired) electrons. The molecular weight excluding hydrogens is 216 g/mol. The predicted molar refractivity (Wildman–Crippen MR) is 56.7 cm³/mol. The van der Waals surface area contributed by atoms with Gasteiger partial charge < -0.3 is 9.80 Å². The minimum absolute atomic E-state index is 0.115. The quantitative estimate of drug-likeness (QED) is 0.647. The lowest BCUT2D eigenvalue weighted by molar-refractivity contribution is -0.138. The van der Waals surface area contributed by atoms with Gasteiger partial charge in [0, 0.05) is 44.4 Å². The highest BCUT2D eigenvalue weighted by molar-refractivity contribution is 6.18. The van der Waals surface area contributed by atoms with Crippen LogP contribution in [0.15, 0.2) is 0 Å². The number of alkyl halides is 1. The van der Waals surface area contributed by atoms with E-state index in [1.54, 1.807) is 0 Å². The number of rotatable bonds is 2. The summed E-state index contributed by atoms with van der Waals surface area (Å²) in [5.74, 6) is 0.733. The van der Waals surface area contributed by atoms with Crippen LogP contribution in [0.25, 0.3) is 0 Å². The lowest BCUT2D eigenvalue weighted by Gasteiger charge is -2.37. The first-order valence-corrected chi connectivity index (χ1v) is 5.89. The third-order valence-electron chi connectivity index (χ3n) is 3.16. The van der Waals surface area contributed by atoms with E-state index in [9.17, 15) is 9.59 Å². The molecule has 2 aliphatic rings. The normalized spacial score (nSPS) is 25.7. The number of halogens is 1. The molecule has 2 aliphatic heterocycles. The third kappa shape index (κ3) is 2.09. The monoisotopic (exact) mass is 230 g/mol. The number of piperazine rings is 1. The molecule has 2 rings (SSSR count). The van der Waals surface area contributed by atoms with Crippen LogP contribution in [0, 0.1) is 0 Å². The van der Waals surface area contributed by atoms with Gasteiger partial charge in [0.15, 0.2) is 0 Å². The van der Waals surface area contributed by atoms with Crippen molar-refractivity contribution in [1.29, 1.82) is 0 Å². The molecule has 0 N–H and O–H groups in total. The van der Waals surface area contributed by atoms with E-state index < -0.39 is 0 Å². The van der Waals surface area contributed by atoms with Gasteiger partial charge in [-0.2, -0.15) is 0 Å². The van der Waals surface area contributed by atoms with E-state index in [2.05, 4.69) is 0 Å². The third-order valence-corrected chi connectivity index (χ3v) is 3.34. The summed E-state index contributed by atoms with van der Waals surface area (Å²) in [6.45, 7) is 2.05. The Kier molecular flexibility index (Phi) is 3.14. The Balaban J connectivity index is 1.93. The maximum absolute atomic E-state index is 11.6. The molecule has 0 bridgehead atoms. The second-order valence-corrected chi connectivity index (χ2v) is 4.44. The molecule has 2 amide bonds. The van der Waals surface area contributed by atoms with Crippen molar-refractivity contribution < 1.29 is 9.59 Å². The molecule has 0 aromatic rings. The lowest BCUT2D eigenvalue weighted by atomic mass is 10.1. The first-order valence-electron chi connectivity index (χ1n) is 5.35. The van der Waals surface area contributed by atoms with E-state index >= 15 is 0 Å². The van der Waals surface area contributed by atoms with E-state index in [1.807, 2.05) is 9.80 Å². The van der Waals surface area contributed by atoms with Gasteiger partial charge in [-0.05, 0) is 6.42 Å². The van der Waals surface area contributed by atoms with Crippen LogP contribution < -0.4 is 0 Å².